The molecule has 1 heterocycles. The summed E-state index contributed by atoms with van der Waals surface area (Å²) in [6.07, 6.45) is 0. The van der Waals surface area contributed by atoms with Crippen LogP contribution in [0.25, 0.3) is 0 Å². The van der Waals surface area contributed by atoms with Gasteiger partial charge in [0.2, 0.25) is 15.5 Å². The fraction of sp³-hybridized carbons (Fsp3) is 0.312. The van der Waals surface area contributed by atoms with Crippen LogP contribution in [0.5, 0.6) is 11.6 Å². The quantitative estimate of drug-likeness (QED) is 0.801. The van der Waals surface area contributed by atoms with Crippen LogP contribution in [0.1, 0.15) is 42.4 Å². The van der Waals surface area contributed by atoms with Gasteiger partial charge in [-0.25, -0.2) is 18.3 Å². The summed E-state index contributed by atoms with van der Waals surface area (Å²) in [6, 6.07) is 4.78. The summed E-state index contributed by atoms with van der Waals surface area (Å²) in [6.45, 7) is 6.46. The van der Waals surface area contributed by atoms with Crippen LogP contribution in [-0.2, 0) is 9.84 Å². The van der Waals surface area contributed by atoms with E-state index >= 15 is 0 Å². The third-order valence-electron chi connectivity index (χ3n) is 3.25. The molecule has 25 heavy (non-hydrogen) atoms. The number of carboxylic acids is 1. The van der Waals surface area contributed by atoms with E-state index in [0.29, 0.717) is 16.9 Å². The van der Waals surface area contributed by atoms with Crippen LogP contribution in [0.3, 0.4) is 0 Å². The summed E-state index contributed by atoms with van der Waals surface area (Å²) in [7, 11) is -3.56. The van der Waals surface area contributed by atoms with E-state index < -0.39 is 20.6 Å². The van der Waals surface area contributed by atoms with Gasteiger partial charge in [0.1, 0.15) is 5.75 Å². The van der Waals surface area contributed by atoms with Crippen molar-refractivity contribution in [3.05, 3.63) is 35.0 Å². The lowest BCUT2D eigenvalue weighted by molar-refractivity contribution is 0.0687. The first-order valence-corrected chi connectivity index (χ1v) is 8.70. The monoisotopic (exact) mass is 363 g/mol. The molecule has 0 aliphatic heterocycles. The van der Waals surface area contributed by atoms with E-state index in [1.54, 1.807) is 45.9 Å². The first kappa shape index (κ1) is 18.5. The highest BCUT2D eigenvalue weighted by atomic mass is 32.2. The normalized spacial score (nSPS) is 11.5. The number of nitrogens with one attached hydrogen (secondary N) is 1. The molecule has 2 rings (SSSR count). The van der Waals surface area contributed by atoms with Crippen molar-refractivity contribution < 1.29 is 23.1 Å². The molecule has 0 unspecified atom stereocenters. The largest absolute Gasteiger partial charge is 0.476 e. The van der Waals surface area contributed by atoms with E-state index in [1.807, 2.05) is 0 Å². The van der Waals surface area contributed by atoms with Crippen molar-refractivity contribution in [1.82, 2.24) is 15.4 Å². The van der Waals surface area contributed by atoms with Crippen molar-refractivity contribution in [1.29, 1.82) is 0 Å². The highest BCUT2D eigenvalue weighted by Crippen LogP contribution is 2.26. The Bertz CT molecular complexity index is 975. The van der Waals surface area contributed by atoms with Crippen LogP contribution in [-0.4, -0.2) is 39.7 Å². The standard InChI is InChI=1S/C16H17N3O5S/c1-10-9-11(7-8-25(22,23)16(2,3)4)5-6-12(10)24-14-13(15(20)21)17-19-18-14/h5-6,9H,1-4H3,(H,20,21)(H,17,18,19). The number of aromatic carboxylic acids is 1. The summed E-state index contributed by atoms with van der Waals surface area (Å²) >= 11 is 0. The van der Waals surface area contributed by atoms with Crippen LogP contribution < -0.4 is 4.74 Å². The van der Waals surface area contributed by atoms with Gasteiger partial charge in [-0.05, 0) is 57.4 Å². The lowest BCUT2D eigenvalue weighted by atomic mass is 10.1. The van der Waals surface area contributed by atoms with Gasteiger partial charge in [-0.3, -0.25) is 0 Å². The summed E-state index contributed by atoms with van der Waals surface area (Å²) in [5.74, 6) is 1.58. The number of benzene rings is 1. The number of hydrogen-bond acceptors (Lipinski definition) is 6. The average Bonchev–Trinajstić information content (AvgIpc) is 2.95. The smallest absolute Gasteiger partial charge is 0.359 e. The zero-order chi connectivity index (χ0) is 18.8. The second kappa shape index (κ2) is 6.57. The minimum Gasteiger partial charge on any atom is -0.476 e. The maximum absolute atomic E-state index is 12.0. The highest BCUT2D eigenvalue weighted by Gasteiger charge is 2.26. The molecule has 2 N–H and O–H groups in total. The topological polar surface area (TPSA) is 122 Å². The molecule has 2 aromatic rings. The number of aromatic nitrogens is 3. The van der Waals surface area contributed by atoms with Crippen molar-refractivity contribution in [2.75, 3.05) is 0 Å². The molecule has 8 nitrogen and oxygen atoms in total. The number of aryl methyl sites for hydroxylation is 1. The van der Waals surface area contributed by atoms with Gasteiger partial charge in [0, 0.05) is 10.8 Å². The van der Waals surface area contributed by atoms with Crippen LogP contribution in [0, 0.1) is 18.1 Å². The van der Waals surface area contributed by atoms with Crippen LogP contribution in [0.4, 0.5) is 0 Å². The van der Waals surface area contributed by atoms with Crippen molar-refractivity contribution in [2.45, 2.75) is 32.4 Å². The van der Waals surface area contributed by atoms with E-state index in [4.69, 9.17) is 9.84 Å². The maximum atomic E-state index is 12.0. The molecule has 0 bridgehead atoms. The van der Waals surface area contributed by atoms with Crippen molar-refractivity contribution >= 4 is 15.8 Å². The zero-order valence-electron chi connectivity index (χ0n) is 14.1. The Hall–Kier alpha value is -2.86. The molecule has 0 atom stereocenters. The maximum Gasteiger partial charge on any atom is 0.359 e. The fourth-order valence-electron chi connectivity index (χ4n) is 1.65. The first-order chi connectivity index (χ1) is 11.5. The van der Waals surface area contributed by atoms with E-state index in [2.05, 4.69) is 26.6 Å². The van der Waals surface area contributed by atoms with Gasteiger partial charge in [-0.2, -0.15) is 0 Å². The predicted molar refractivity (Wildman–Crippen MR) is 90.1 cm³/mol. The highest BCUT2D eigenvalue weighted by molar-refractivity contribution is 7.97. The first-order valence-electron chi connectivity index (χ1n) is 7.21. The minimum absolute atomic E-state index is 0.162. The number of nitrogens with zero attached hydrogens (tertiary/aromatic N) is 2. The number of rotatable bonds is 3. The lowest BCUT2D eigenvalue weighted by Crippen LogP contribution is -2.25. The number of hydrogen-bond donors (Lipinski definition) is 2. The van der Waals surface area contributed by atoms with E-state index in [9.17, 15) is 13.2 Å². The summed E-state index contributed by atoms with van der Waals surface area (Å²) in [4.78, 5) is 11.0. The van der Waals surface area contributed by atoms with Crippen molar-refractivity contribution in [3.8, 4) is 22.8 Å². The molecule has 0 saturated carbocycles. The molecule has 0 amide bonds. The molecule has 132 valence electrons. The third-order valence-corrected chi connectivity index (χ3v) is 5.23. The number of carbonyl (C=O) groups is 1. The Morgan fingerprint density at radius 2 is 2.00 bits per heavy atom. The molecular formula is C16H17N3O5S. The average molecular weight is 363 g/mol. The molecule has 0 aliphatic carbocycles. The van der Waals surface area contributed by atoms with E-state index in [1.165, 1.54) is 0 Å². The fourth-order valence-corrected chi connectivity index (χ4v) is 2.21. The summed E-state index contributed by atoms with van der Waals surface area (Å²) < 4.78 is 28.5. The summed E-state index contributed by atoms with van der Waals surface area (Å²) in [5.41, 5.74) is 0.870. The van der Waals surface area contributed by atoms with Crippen LogP contribution in [0.15, 0.2) is 18.2 Å². The minimum atomic E-state index is -3.56. The molecule has 1 aromatic heterocycles. The molecular weight excluding hydrogens is 346 g/mol. The molecule has 0 spiro atoms. The number of aromatic amines is 1. The molecule has 0 saturated heterocycles. The Balaban J connectivity index is 2.28. The molecule has 9 heteroatoms. The van der Waals surface area contributed by atoms with Gasteiger partial charge in [0.15, 0.2) is 0 Å². The van der Waals surface area contributed by atoms with Crippen LogP contribution >= 0.6 is 0 Å². The van der Waals surface area contributed by atoms with Crippen LogP contribution in [0.2, 0.25) is 0 Å². The predicted octanol–water partition coefficient (Wildman–Crippen LogP) is 2.13. The van der Waals surface area contributed by atoms with Gasteiger partial charge < -0.3 is 9.84 Å². The number of carboxylic acid groups (broad SMARTS) is 1. The SMILES string of the molecule is Cc1cc(C#CS(=O)(=O)C(C)(C)C)ccc1Oc1nn[nH]c1C(=O)O. The van der Waals surface area contributed by atoms with E-state index in [0.717, 1.165) is 0 Å². The van der Waals surface area contributed by atoms with Crippen molar-refractivity contribution in [3.63, 3.8) is 0 Å². The van der Waals surface area contributed by atoms with Gasteiger partial charge in [-0.1, -0.05) is 10.3 Å². The van der Waals surface area contributed by atoms with Gasteiger partial charge in [0.05, 0.1) is 4.75 Å². The molecule has 0 radical (unpaired) electrons. The Kier molecular flexibility index (Phi) is 4.85. The Labute approximate surface area is 145 Å². The van der Waals surface area contributed by atoms with Gasteiger partial charge in [0.25, 0.3) is 5.88 Å². The molecule has 0 aliphatic rings. The van der Waals surface area contributed by atoms with Gasteiger partial charge >= 0.3 is 5.97 Å². The molecule has 0 fully saturated rings. The van der Waals surface area contributed by atoms with Gasteiger partial charge in [-0.15, -0.1) is 0 Å². The molecule has 1 aromatic carbocycles. The number of ether oxygens (including phenoxy) is 1. The second-order valence-corrected chi connectivity index (χ2v) is 8.66. The Morgan fingerprint density at radius 3 is 2.56 bits per heavy atom. The van der Waals surface area contributed by atoms with E-state index in [-0.39, 0.29) is 11.6 Å². The van der Waals surface area contributed by atoms with Crippen molar-refractivity contribution in [2.24, 2.45) is 0 Å². The second-order valence-electron chi connectivity index (χ2n) is 6.22. The third kappa shape index (κ3) is 4.16. The Morgan fingerprint density at radius 1 is 1.32 bits per heavy atom. The zero-order valence-corrected chi connectivity index (χ0v) is 14.9. The number of H-pyrrole nitrogens is 1. The summed E-state index contributed by atoms with van der Waals surface area (Å²) in [5, 5.41) is 20.5. The lowest BCUT2D eigenvalue weighted by Gasteiger charge is -2.13. The number of sulfone groups is 1.